The normalized spacial score (nSPS) is 10.4. The number of nitrogens with zero attached hydrogens (tertiary/aromatic N) is 2. The fourth-order valence-electron chi connectivity index (χ4n) is 0.629. The predicted molar refractivity (Wildman–Crippen MR) is 43.4 cm³/mol. The lowest BCUT2D eigenvalue weighted by molar-refractivity contribution is 0.799. The standard InChI is InChI=1S/C7H10N2S/c1-5(2)6-3-9-7(10)4-8-6/h3-5H,1-2H3,(H,9,10). The molecule has 0 saturated heterocycles. The molecule has 0 amide bonds. The van der Waals surface area contributed by atoms with Gasteiger partial charge in [-0.2, -0.15) is 0 Å². The third kappa shape index (κ3) is 1.70. The summed E-state index contributed by atoms with van der Waals surface area (Å²) >= 11 is 4.03. The van der Waals surface area contributed by atoms with Gasteiger partial charge in [-0.05, 0) is 5.92 Å². The number of rotatable bonds is 1. The van der Waals surface area contributed by atoms with E-state index in [0.29, 0.717) is 10.9 Å². The molecule has 0 aliphatic carbocycles. The van der Waals surface area contributed by atoms with Gasteiger partial charge in [-0.3, -0.25) is 4.98 Å². The third-order valence-corrected chi connectivity index (χ3v) is 1.48. The second kappa shape index (κ2) is 3.01. The maximum Gasteiger partial charge on any atom is 0.111 e. The molecule has 0 N–H and O–H groups in total. The molecular formula is C7H10N2S. The first-order chi connectivity index (χ1) is 4.70. The summed E-state index contributed by atoms with van der Waals surface area (Å²) in [4.78, 5) is 8.14. The van der Waals surface area contributed by atoms with Crippen LogP contribution in [0.25, 0.3) is 0 Å². The third-order valence-electron chi connectivity index (χ3n) is 1.25. The SMILES string of the molecule is CC(C)c1cnc(S)cn1. The Morgan fingerprint density at radius 1 is 1.30 bits per heavy atom. The minimum absolute atomic E-state index is 0.446. The van der Waals surface area contributed by atoms with E-state index in [1.54, 1.807) is 12.4 Å². The Hall–Kier alpha value is -0.570. The molecule has 0 fully saturated rings. The van der Waals surface area contributed by atoms with E-state index < -0.39 is 0 Å². The molecular weight excluding hydrogens is 144 g/mol. The Morgan fingerprint density at radius 2 is 2.00 bits per heavy atom. The van der Waals surface area contributed by atoms with E-state index in [1.807, 2.05) is 0 Å². The molecule has 2 nitrogen and oxygen atoms in total. The summed E-state index contributed by atoms with van der Waals surface area (Å²) in [5.74, 6) is 0.446. The van der Waals surface area contributed by atoms with Crippen LogP contribution in [0.4, 0.5) is 0 Å². The second-order valence-electron chi connectivity index (χ2n) is 2.45. The van der Waals surface area contributed by atoms with Crippen molar-refractivity contribution in [2.75, 3.05) is 0 Å². The van der Waals surface area contributed by atoms with Gasteiger partial charge in [-0.1, -0.05) is 13.8 Å². The van der Waals surface area contributed by atoms with Gasteiger partial charge in [0.15, 0.2) is 0 Å². The molecule has 0 spiro atoms. The fraction of sp³-hybridized carbons (Fsp3) is 0.429. The predicted octanol–water partition coefficient (Wildman–Crippen LogP) is 1.89. The topological polar surface area (TPSA) is 25.8 Å². The van der Waals surface area contributed by atoms with Crippen molar-refractivity contribution >= 4 is 12.6 Å². The average Bonchev–Trinajstić information content (AvgIpc) is 1.88. The first-order valence-corrected chi connectivity index (χ1v) is 3.66. The van der Waals surface area contributed by atoms with Gasteiger partial charge in [0.1, 0.15) is 5.03 Å². The zero-order valence-corrected chi connectivity index (χ0v) is 6.97. The van der Waals surface area contributed by atoms with E-state index in [4.69, 9.17) is 0 Å². The summed E-state index contributed by atoms with van der Waals surface area (Å²) in [5, 5.41) is 0.671. The summed E-state index contributed by atoms with van der Waals surface area (Å²) in [5.41, 5.74) is 1.01. The summed E-state index contributed by atoms with van der Waals surface area (Å²) < 4.78 is 0. The van der Waals surface area contributed by atoms with Crippen molar-refractivity contribution in [1.29, 1.82) is 0 Å². The Balaban J connectivity index is 2.89. The molecule has 1 rings (SSSR count). The molecule has 54 valence electrons. The van der Waals surface area contributed by atoms with Crippen LogP contribution in [0, 0.1) is 0 Å². The van der Waals surface area contributed by atoms with E-state index in [0.717, 1.165) is 5.69 Å². The summed E-state index contributed by atoms with van der Waals surface area (Å²) in [6.07, 6.45) is 3.42. The lowest BCUT2D eigenvalue weighted by Crippen LogP contribution is -1.92. The van der Waals surface area contributed by atoms with Gasteiger partial charge in [-0.15, -0.1) is 12.6 Å². The summed E-state index contributed by atoms with van der Waals surface area (Å²) in [7, 11) is 0. The van der Waals surface area contributed by atoms with Crippen LogP contribution in [-0.2, 0) is 0 Å². The van der Waals surface area contributed by atoms with Gasteiger partial charge in [0, 0.05) is 6.20 Å². The lowest BCUT2D eigenvalue weighted by Gasteiger charge is -2.01. The molecule has 0 atom stereocenters. The molecule has 0 aliphatic rings. The van der Waals surface area contributed by atoms with Crippen LogP contribution >= 0.6 is 12.6 Å². The number of thiol groups is 1. The lowest BCUT2D eigenvalue weighted by atomic mass is 10.1. The minimum Gasteiger partial charge on any atom is -0.257 e. The van der Waals surface area contributed by atoms with Crippen LogP contribution in [0.5, 0.6) is 0 Å². The summed E-state index contributed by atoms with van der Waals surface area (Å²) in [6, 6.07) is 0. The number of aromatic nitrogens is 2. The highest BCUT2D eigenvalue weighted by atomic mass is 32.1. The molecule has 10 heavy (non-hydrogen) atoms. The van der Waals surface area contributed by atoms with Crippen molar-refractivity contribution in [3.05, 3.63) is 18.1 Å². The fourth-order valence-corrected chi connectivity index (χ4v) is 0.745. The highest BCUT2D eigenvalue weighted by molar-refractivity contribution is 7.80. The van der Waals surface area contributed by atoms with Crippen molar-refractivity contribution in [2.24, 2.45) is 0 Å². The van der Waals surface area contributed by atoms with Crippen molar-refractivity contribution < 1.29 is 0 Å². The van der Waals surface area contributed by atoms with Crippen molar-refractivity contribution in [3.8, 4) is 0 Å². The van der Waals surface area contributed by atoms with E-state index in [2.05, 4.69) is 36.4 Å². The van der Waals surface area contributed by atoms with Crippen LogP contribution in [0.1, 0.15) is 25.5 Å². The number of hydrogen-bond donors (Lipinski definition) is 1. The zero-order valence-electron chi connectivity index (χ0n) is 6.07. The molecule has 1 aromatic rings. The van der Waals surface area contributed by atoms with Gasteiger partial charge in [0.25, 0.3) is 0 Å². The Bertz CT molecular complexity index is 205. The van der Waals surface area contributed by atoms with Crippen molar-refractivity contribution in [3.63, 3.8) is 0 Å². The Kier molecular flexibility index (Phi) is 2.27. The van der Waals surface area contributed by atoms with Crippen LogP contribution in [0.3, 0.4) is 0 Å². The van der Waals surface area contributed by atoms with E-state index >= 15 is 0 Å². The summed E-state index contributed by atoms with van der Waals surface area (Å²) in [6.45, 7) is 4.17. The quantitative estimate of drug-likeness (QED) is 0.625. The number of hydrogen-bond acceptors (Lipinski definition) is 3. The maximum absolute atomic E-state index is 4.14. The molecule has 0 bridgehead atoms. The van der Waals surface area contributed by atoms with E-state index in [9.17, 15) is 0 Å². The smallest absolute Gasteiger partial charge is 0.111 e. The first-order valence-electron chi connectivity index (χ1n) is 3.21. The van der Waals surface area contributed by atoms with Crippen LogP contribution in [0.2, 0.25) is 0 Å². The van der Waals surface area contributed by atoms with Gasteiger partial charge in [0.2, 0.25) is 0 Å². The van der Waals surface area contributed by atoms with Gasteiger partial charge in [-0.25, -0.2) is 4.98 Å². The molecule has 1 heterocycles. The van der Waals surface area contributed by atoms with Gasteiger partial charge in [0.05, 0.1) is 11.9 Å². The van der Waals surface area contributed by atoms with E-state index in [1.165, 1.54) is 0 Å². The van der Waals surface area contributed by atoms with Gasteiger partial charge < -0.3 is 0 Å². The minimum atomic E-state index is 0.446. The largest absolute Gasteiger partial charge is 0.257 e. The highest BCUT2D eigenvalue weighted by Crippen LogP contribution is 2.09. The molecule has 0 saturated carbocycles. The van der Waals surface area contributed by atoms with Gasteiger partial charge >= 0.3 is 0 Å². The van der Waals surface area contributed by atoms with Crippen molar-refractivity contribution in [1.82, 2.24) is 9.97 Å². The van der Waals surface area contributed by atoms with Crippen LogP contribution in [0.15, 0.2) is 17.4 Å². The molecule has 0 aromatic carbocycles. The first kappa shape index (κ1) is 7.54. The monoisotopic (exact) mass is 154 g/mol. The molecule has 3 heteroatoms. The molecule has 1 aromatic heterocycles. The van der Waals surface area contributed by atoms with Crippen LogP contribution < -0.4 is 0 Å². The zero-order chi connectivity index (χ0) is 7.56. The maximum atomic E-state index is 4.14. The Morgan fingerprint density at radius 3 is 2.40 bits per heavy atom. The van der Waals surface area contributed by atoms with Crippen molar-refractivity contribution in [2.45, 2.75) is 24.8 Å². The molecule has 0 unspecified atom stereocenters. The second-order valence-corrected chi connectivity index (χ2v) is 2.91. The van der Waals surface area contributed by atoms with Crippen LogP contribution in [-0.4, -0.2) is 9.97 Å². The Labute approximate surface area is 66.1 Å². The highest BCUT2D eigenvalue weighted by Gasteiger charge is 1.98. The van der Waals surface area contributed by atoms with E-state index in [-0.39, 0.29) is 0 Å². The molecule has 0 radical (unpaired) electrons. The average molecular weight is 154 g/mol. The molecule has 0 aliphatic heterocycles.